The van der Waals surface area contributed by atoms with Crippen LogP contribution in [0.15, 0.2) is 93.9 Å². The second-order valence-corrected chi connectivity index (χ2v) is 10.1. The van der Waals surface area contributed by atoms with Gasteiger partial charge in [-0.3, -0.25) is 9.36 Å². The minimum absolute atomic E-state index is 0.189. The van der Waals surface area contributed by atoms with Gasteiger partial charge in [0.05, 0.1) is 41.2 Å². The van der Waals surface area contributed by atoms with E-state index in [2.05, 4.69) is 11.1 Å². The van der Waals surface area contributed by atoms with E-state index in [0.29, 0.717) is 43.2 Å². The number of aromatic nitrogens is 1. The summed E-state index contributed by atoms with van der Waals surface area (Å²) in [5.41, 5.74) is 3.12. The maximum atomic E-state index is 14.0. The van der Waals surface area contributed by atoms with Crippen LogP contribution in [0.5, 0.6) is 11.5 Å². The van der Waals surface area contributed by atoms with Crippen LogP contribution in [0, 0.1) is 11.3 Å². The number of para-hydroxylation sites is 2. The van der Waals surface area contributed by atoms with Gasteiger partial charge in [0.15, 0.2) is 4.80 Å². The number of allylic oxidation sites excluding steroid dienone is 1. The van der Waals surface area contributed by atoms with Crippen LogP contribution in [0.3, 0.4) is 0 Å². The zero-order chi connectivity index (χ0) is 28.9. The Morgan fingerprint density at radius 1 is 1.07 bits per heavy atom. The number of carbonyl (C=O) groups excluding carboxylic acids is 1. The van der Waals surface area contributed by atoms with Crippen LogP contribution in [0.4, 0.5) is 0 Å². The lowest BCUT2D eigenvalue weighted by Gasteiger charge is -2.25. The number of hydrogen-bond acceptors (Lipinski definition) is 8. The average molecular weight is 566 g/mol. The molecule has 206 valence electrons. The molecule has 0 fully saturated rings. The van der Waals surface area contributed by atoms with Gasteiger partial charge >= 0.3 is 5.97 Å². The number of methoxy groups -OCH3 is 1. The van der Waals surface area contributed by atoms with Crippen molar-refractivity contribution in [2.75, 3.05) is 13.7 Å². The normalized spacial score (nSPS) is 14.6. The molecule has 0 saturated carbocycles. The zero-order valence-corrected chi connectivity index (χ0v) is 23.6. The summed E-state index contributed by atoms with van der Waals surface area (Å²) in [4.78, 5) is 32.3. The number of nitrogens with zero attached hydrogens (tertiary/aromatic N) is 3. The fourth-order valence-electron chi connectivity index (χ4n) is 4.76. The number of fused-ring (bicyclic) bond motifs is 1. The fourth-order valence-corrected chi connectivity index (χ4v) is 5.80. The van der Waals surface area contributed by atoms with Gasteiger partial charge < -0.3 is 14.2 Å². The Morgan fingerprint density at radius 2 is 1.78 bits per heavy atom. The summed E-state index contributed by atoms with van der Waals surface area (Å²) >= 11 is 1.23. The fraction of sp³-hybridized carbons (Fsp3) is 0.188. The van der Waals surface area contributed by atoms with E-state index < -0.39 is 12.0 Å². The lowest BCUT2D eigenvalue weighted by molar-refractivity contribution is -0.139. The molecule has 0 radical (unpaired) electrons. The molecule has 2 heterocycles. The van der Waals surface area contributed by atoms with Crippen molar-refractivity contribution in [3.05, 3.63) is 126 Å². The molecule has 1 aliphatic rings. The molecule has 0 bridgehead atoms. The van der Waals surface area contributed by atoms with Crippen molar-refractivity contribution < 1.29 is 19.0 Å². The standard InChI is InChI=1S/C32H27N3O5S/c1-4-39-31(37)28-20(2)34-32-35(29(28)24-14-8-10-16-26(24)38-3)30(36)27(41-32)17-21-11-7-9-15-25(21)40-19-23-13-6-5-12-22(23)18-33/h5-17,29H,4,19H2,1-3H3/b27-17-/t29-/m0/s1. The van der Waals surface area contributed by atoms with Crippen LogP contribution < -0.4 is 24.4 Å². The third-order valence-corrected chi connectivity index (χ3v) is 7.66. The Bertz CT molecular complexity index is 1880. The molecule has 1 aromatic heterocycles. The van der Waals surface area contributed by atoms with Crippen molar-refractivity contribution in [1.29, 1.82) is 5.26 Å². The highest BCUT2D eigenvalue weighted by Gasteiger charge is 2.35. The van der Waals surface area contributed by atoms with Crippen LogP contribution in [-0.2, 0) is 16.1 Å². The summed E-state index contributed by atoms with van der Waals surface area (Å²) in [6.45, 7) is 3.87. The molecule has 3 aromatic carbocycles. The number of nitriles is 1. The smallest absolute Gasteiger partial charge is 0.338 e. The van der Waals surface area contributed by atoms with E-state index in [1.165, 1.54) is 15.9 Å². The van der Waals surface area contributed by atoms with Crippen LogP contribution in [0.25, 0.3) is 6.08 Å². The van der Waals surface area contributed by atoms with Crippen molar-refractivity contribution in [3.63, 3.8) is 0 Å². The quantitative estimate of drug-likeness (QED) is 0.296. The highest BCUT2D eigenvalue weighted by Crippen LogP contribution is 2.35. The van der Waals surface area contributed by atoms with Gasteiger partial charge in [0.2, 0.25) is 0 Å². The van der Waals surface area contributed by atoms with Gasteiger partial charge in [-0.2, -0.15) is 5.26 Å². The first kappa shape index (κ1) is 27.6. The molecule has 41 heavy (non-hydrogen) atoms. The van der Waals surface area contributed by atoms with Crippen LogP contribution in [0.2, 0.25) is 0 Å². The maximum Gasteiger partial charge on any atom is 0.338 e. The Morgan fingerprint density at radius 3 is 2.54 bits per heavy atom. The molecule has 0 spiro atoms. The number of carbonyl (C=O) groups is 1. The molecule has 5 rings (SSSR count). The second kappa shape index (κ2) is 12.1. The van der Waals surface area contributed by atoms with Crippen LogP contribution in [0.1, 0.15) is 42.1 Å². The maximum absolute atomic E-state index is 14.0. The number of esters is 1. The highest BCUT2D eigenvalue weighted by atomic mass is 32.1. The van der Waals surface area contributed by atoms with Gasteiger partial charge in [-0.1, -0.05) is 65.9 Å². The van der Waals surface area contributed by atoms with Gasteiger partial charge in [-0.25, -0.2) is 9.79 Å². The van der Waals surface area contributed by atoms with E-state index >= 15 is 0 Å². The van der Waals surface area contributed by atoms with Gasteiger partial charge in [0.25, 0.3) is 5.56 Å². The first-order valence-electron chi connectivity index (χ1n) is 13.0. The van der Waals surface area contributed by atoms with Gasteiger partial charge in [-0.05, 0) is 38.1 Å². The molecule has 0 aliphatic carbocycles. The largest absolute Gasteiger partial charge is 0.496 e. The average Bonchev–Trinajstić information content (AvgIpc) is 3.30. The lowest BCUT2D eigenvalue weighted by Crippen LogP contribution is -2.40. The molecular formula is C32H27N3O5S. The summed E-state index contributed by atoms with van der Waals surface area (Å²) in [5, 5.41) is 9.42. The monoisotopic (exact) mass is 565 g/mol. The summed E-state index contributed by atoms with van der Waals surface area (Å²) in [5.74, 6) is 0.575. The number of benzene rings is 3. The Labute approximate surface area is 240 Å². The van der Waals surface area contributed by atoms with E-state index in [1.807, 2.05) is 60.7 Å². The highest BCUT2D eigenvalue weighted by molar-refractivity contribution is 7.07. The van der Waals surface area contributed by atoms with Crippen LogP contribution >= 0.6 is 11.3 Å². The van der Waals surface area contributed by atoms with E-state index in [4.69, 9.17) is 14.2 Å². The number of ether oxygens (including phenoxy) is 3. The van der Waals surface area contributed by atoms with Crippen molar-refractivity contribution in [2.24, 2.45) is 4.99 Å². The van der Waals surface area contributed by atoms with E-state index in [9.17, 15) is 14.9 Å². The number of thiazole rings is 1. The van der Waals surface area contributed by atoms with Crippen molar-refractivity contribution >= 4 is 23.4 Å². The third kappa shape index (κ3) is 5.42. The predicted molar refractivity (Wildman–Crippen MR) is 155 cm³/mol. The van der Waals surface area contributed by atoms with Crippen molar-refractivity contribution in [1.82, 2.24) is 4.57 Å². The SMILES string of the molecule is CCOC(=O)C1=C(C)N=c2s/c(=C\c3ccccc3OCc3ccccc3C#N)c(=O)n2[C@H]1c1ccccc1OC. The van der Waals surface area contributed by atoms with Crippen molar-refractivity contribution in [2.45, 2.75) is 26.5 Å². The van der Waals surface area contributed by atoms with Crippen molar-refractivity contribution in [3.8, 4) is 17.6 Å². The van der Waals surface area contributed by atoms with Crippen LogP contribution in [-0.4, -0.2) is 24.3 Å². The topological polar surface area (TPSA) is 103 Å². The minimum Gasteiger partial charge on any atom is -0.496 e. The molecule has 0 N–H and O–H groups in total. The molecule has 0 amide bonds. The first-order chi connectivity index (χ1) is 20.0. The molecule has 0 saturated heterocycles. The Kier molecular flexibility index (Phi) is 8.13. The second-order valence-electron chi connectivity index (χ2n) is 9.14. The van der Waals surface area contributed by atoms with E-state index in [-0.39, 0.29) is 24.3 Å². The summed E-state index contributed by atoms with van der Waals surface area (Å²) in [6.07, 6.45) is 1.76. The van der Waals surface area contributed by atoms with E-state index in [1.54, 1.807) is 39.2 Å². The number of rotatable bonds is 8. The molecular weight excluding hydrogens is 538 g/mol. The van der Waals surface area contributed by atoms with E-state index in [0.717, 1.165) is 5.56 Å². The van der Waals surface area contributed by atoms with Gasteiger partial charge in [0, 0.05) is 16.7 Å². The molecule has 1 atom stereocenters. The first-order valence-corrected chi connectivity index (χ1v) is 13.8. The number of hydrogen-bond donors (Lipinski definition) is 0. The Hall–Kier alpha value is -4.94. The molecule has 1 aliphatic heterocycles. The zero-order valence-electron chi connectivity index (χ0n) is 22.8. The third-order valence-electron chi connectivity index (χ3n) is 6.68. The minimum atomic E-state index is -0.780. The van der Waals surface area contributed by atoms with Gasteiger partial charge in [0.1, 0.15) is 24.1 Å². The summed E-state index contributed by atoms with van der Waals surface area (Å²) in [6, 6.07) is 23.3. The summed E-state index contributed by atoms with van der Waals surface area (Å²) < 4.78 is 19.0. The predicted octanol–water partition coefficient (Wildman–Crippen LogP) is 4.26. The molecule has 8 nitrogen and oxygen atoms in total. The van der Waals surface area contributed by atoms with Gasteiger partial charge in [-0.15, -0.1) is 0 Å². The molecule has 0 unspecified atom stereocenters. The molecule has 4 aromatic rings. The lowest BCUT2D eigenvalue weighted by atomic mass is 9.95. The molecule has 9 heteroatoms. The Balaban J connectivity index is 1.62. The summed E-state index contributed by atoms with van der Waals surface area (Å²) in [7, 11) is 1.55.